The third-order valence-corrected chi connectivity index (χ3v) is 4.27. The zero-order valence-electron chi connectivity index (χ0n) is 11.2. The minimum atomic E-state index is 0.304. The van der Waals surface area contributed by atoms with Crippen LogP contribution in [0, 0.1) is 5.92 Å². The lowest BCUT2D eigenvalue weighted by atomic mass is 9.73. The molecule has 1 aliphatic rings. The Labute approximate surface area is 105 Å². The summed E-state index contributed by atoms with van der Waals surface area (Å²) in [6, 6.07) is 4.87. The molecule has 94 valence electrons. The summed E-state index contributed by atoms with van der Waals surface area (Å²) in [4.78, 5) is 4.31. The summed E-state index contributed by atoms with van der Waals surface area (Å²) in [6.45, 7) is 7.91. The average Bonchev–Trinajstić information content (AvgIpc) is 2.70. The van der Waals surface area contributed by atoms with E-state index in [1.54, 1.807) is 0 Å². The molecule has 1 heterocycles. The molecule has 2 heteroatoms. The summed E-state index contributed by atoms with van der Waals surface area (Å²) in [7, 11) is 0. The van der Waals surface area contributed by atoms with E-state index in [1.807, 2.05) is 6.20 Å². The molecular weight excluding hydrogens is 208 g/mol. The van der Waals surface area contributed by atoms with Crippen LogP contribution in [0.3, 0.4) is 0 Å². The summed E-state index contributed by atoms with van der Waals surface area (Å²) in [5.74, 6) is 0.748. The van der Waals surface area contributed by atoms with Crippen molar-refractivity contribution in [3.05, 3.63) is 30.1 Å². The number of hydrogen-bond acceptors (Lipinski definition) is 2. The van der Waals surface area contributed by atoms with Crippen molar-refractivity contribution in [3.63, 3.8) is 0 Å². The molecule has 1 saturated carbocycles. The standard InChI is InChI=1S/C15H24N2/c1-12(2)17-11-15(8-4-6-13(15)3)14-7-5-9-16-10-14/h5,7,9-10,12-13,17H,4,6,8,11H2,1-3H3. The number of nitrogens with zero attached hydrogens (tertiary/aromatic N) is 1. The third kappa shape index (κ3) is 2.52. The lowest BCUT2D eigenvalue weighted by Crippen LogP contribution is -2.42. The second kappa shape index (κ2) is 5.18. The van der Waals surface area contributed by atoms with Crippen LogP contribution in [0.2, 0.25) is 0 Å². The van der Waals surface area contributed by atoms with Crippen LogP contribution in [0.1, 0.15) is 45.6 Å². The van der Waals surface area contributed by atoms with E-state index in [-0.39, 0.29) is 0 Å². The summed E-state index contributed by atoms with van der Waals surface area (Å²) < 4.78 is 0. The normalized spacial score (nSPS) is 28.8. The highest BCUT2D eigenvalue weighted by Crippen LogP contribution is 2.44. The topological polar surface area (TPSA) is 24.9 Å². The summed E-state index contributed by atoms with van der Waals surface area (Å²) in [5, 5.41) is 3.63. The van der Waals surface area contributed by atoms with Gasteiger partial charge in [-0.05, 0) is 30.4 Å². The van der Waals surface area contributed by atoms with Gasteiger partial charge in [-0.3, -0.25) is 4.98 Å². The van der Waals surface area contributed by atoms with Gasteiger partial charge in [-0.15, -0.1) is 0 Å². The lowest BCUT2D eigenvalue weighted by Gasteiger charge is -2.35. The van der Waals surface area contributed by atoms with Crippen molar-refractivity contribution in [2.75, 3.05) is 6.54 Å². The van der Waals surface area contributed by atoms with Gasteiger partial charge < -0.3 is 5.32 Å². The Morgan fingerprint density at radius 3 is 2.88 bits per heavy atom. The van der Waals surface area contributed by atoms with Crippen molar-refractivity contribution in [2.24, 2.45) is 5.92 Å². The SMILES string of the molecule is CC(C)NCC1(c2cccnc2)CCCC1C. The Morgan fingerprint density at radius 1 is 1.53 bits per heavy atom. The minimum Gasteiger partial charge on any atom is -0.314 e. The van der Waals surface area contributed by atoms with Gasteiger partial charge in [-0.25, -0.2) is 0 Å². The third-order valence-electron chi connectivity index (χ3n) is 4.27. The molecule has 1 fully saturated rings. The van der Waals surface area contributed by atoms with Gasteiger partial charge in [0.1, 0.15) is 0 Å². The summed E-state index contributed by atoms with van der Waals surface area (Å²) in [6.07, 6.45) is 7.90. The van der Waals surface area contributed by atoms with Crippen LogP contribution in [0.4, 0.5) is 0 Å². The lowest BCUT2D eigenvalue weighted by molar-refractivity contribution is 0.307. The Morgan fingerprint density at radius 2 is 2.35 bits per heavy atom. The van der Waals surface area contributed by atoms with E-state index in [0.717, 1.165) is 12.5 Å². The van der Waals surface area contributed by atoms with Crippen molar-refractivity contribution in [3.8, 4) is 0 Å². The Bertz CT molecular complexity index is 347. The Kier molecular flexibility index (Phi) is 3.82. The fourth-order valence-electron chi connectivity index (χ4n) is 3.08. The van der Waals surface area contributed by atoms with Crippen LogP contribution < -0.4 is 5.32 Å². The molecular formula is C15H24N2. The van der Waals surface area contributed by atoms with E-state index < -0.39 is 0 Å². The first-order valence-electron chi connectivity index (χ1n) is 6.79. The molecule has 0 spiro atoms. The monoisotopic (exact) mass is 232 g/mol. The van der Waals surface area contributed by atoms with E-state index in [0.29, 0.717) is 11.5 Å². The first kappa shape index (κ1) is 12.6. The van der Waals surface area contributed by atoms with Crippen molar-refractivity contribution in [1.82, 2.24) is 10.3 Å². The van der Waals surface area contributed by atoms with Crippen LogP contribution in [0.15, 0.2) is 24.5 Å². The van der Waals surface area contributed by atoms with Crippen LogP contribution >= 0.6 is 0 Å². The molecule has 0 saturated heterocycles. The van der Waals surface area contributed by atoms with Gasteiger partial charge in [0, 0.05) is 30.4 Å². The molecule has 0 aliphatic heterocycles. The fraction of sp³-hybridized carbons (Fsp3) is 0.667. The molecule has 2 atom stereocenters. The number of pyridine rings is 1. The molecule has 1 N–H and O–H groups in total. The molecule has 0 amide bonds. The van der Waals surface area contributed by atoms with E-state index in [9.17, 15) is 0 Å². The van der Waals surface area contributed by atoms with Gasteiger partial charge in [0.25, 0.3) is 0 Å². The molecule has 0 radical (unpaired) electrons. The van der Waals surface area contributed by atoms with Crippen molar-refractivity contribution in [1.29, 1.82) is 0 Å². The zero-order chi connectivity index (χ0) is 12.3. The van der Waals surface area contributed by atoms with Crippen LogP contribution in [0.25, 0.3) is 0 Å². The van der Waals surface area contributed by atoms with Gasteiger partial charge in [-0.1, -0.05) is 33.3 Å². The molecule has 0 bridgehead atoms. The second-order valence-electron chi connectivity index (χ2n) is 5.73. The number of nitrogens with one attached hydrogen (secondary N) is 1. The van der Waals surface area contributed by atoms with Crippen molar-refractivity contribution in [2.45, 2.75) is 51.5 Å². The summed E-state index contributed by atoms with van der Waals surface area (Å²) >= 11 is 0. The highest BCUT2D eigenvalue weighted by atomic mass is 14.9. The van der Waals surface area contributed by atoms with Crippen molar-refractivity contribution < 1.29 is 0 Å². The molecule has 1 aromatic heterocycles. The maximum atomic E-state index is 4.31. The zero-order valence-corrected chi connectivity index (χ0v) is 11.2. The predicted molar refractivity (Wildman–Crippen MR) is 72.1 cm³/mol. The molecule has 1 aromatic rings. The van der Waals surface area contributed by atoms with Crippen LogP contribution in [-0.2, 0) is 5.41 Å². The number of rotatable bonds is 4. The van der Waals surface area contributed by atoms with E-state index in [1.165, 1.54) is 24.8 Å². The molecule has 2 unspecified atom stereocenters. The highest BCUT2D eigenvalue weighted by Gasteiger charge is 2.41. The first-order valence-corrected chi connectivity index (χ1v) is 6.79. The number of hydrogen-bond donors (Lipinski definition) is 1. The van der Waals surface area contributed by atoms with E-state index in [2.05, 4.69) is 49.4 Å². The smallest absolute Gasteiger partial charge is 0.0306 e. The summed E-state index contributed by atoms with van der Waals surface area (Å²) in [5.41, 5.74) is 1.72. The quantitative estimate of drug-likeness (QED) is 0.862. The first-order chi connectivity index (χ1) is 8.15. The van der Waals surface area contributed by atoms with Crippen LogP contribution in [0.5, 0.6) is 0 Å². The van der Waals surface area contributed by atoms with Gasteiger partial charge in [-0.2, -0.15) is 0 Å². The maximum Gasteiger partial charge on any atom is 0.0306 e. The Balaban J connectivity index is 2.24. The Hall–Kier alpha value is -0.890. The molecule has 2 nitrogen and oxygen atoms in total. The molecule has 1 aliphatic carbocycles. The average molecular weight is 232 g/mol. The van der Waals surface area contributed by atoms with Gasteiger partial charge in [0.2, 0.25) is 0 Å². The predicted octanol–water partition coefficient (Wildman–Crippen LogP) is 3.14. The highest BCUT2D eigenvalue weighted by molar-refractivity contribution is 5.25. The fourth-order valence-corrected chi connectivity index (χ4v) is 3.08. The van der Waals surface area contributed by atoms with E-state index >= 15 is 0 Å². The minimum absolute atomic E-state index is 0.304. The molecule has 2 rings (SSSR count). The van der Waals surface area contributed by atoms with E-state index in [4.69, 9.17) is 0 Å². The second-order valence-corrected chi connectivity index (χ2v) is 5.73. The number of aromatic nitrogens is 1. The van der Waals surface area contributed by atoms with Crippen molar-refractivity contribution >= 4 is 0 Å². The molecule has 0 aromatic carbocycles. The van der Waals surface area contributed by atoms with Gasteiger partial charge >= 0.3 is 0 Å². The largest absolute Gasteiger partial charge is 0.314 e. The van der Waals surface area contributed by atoms with Gasteiger partial charge in [0.05, 0.1) is 0 Å². The van der Waals surface area contributed by atoms with Gasteiger partial charge in [0.15, 0.2) is 0 Å². The molecule has 17 heavy (non-hydrogen) atoms. The van der Waals surface area contributed by atoms with Crippen LogP contribution in [-0.4, -0.2) is 17.6 Å². The maximum absolute atomic E-state index is 4.31.